The van der Waals surface area contributed by atoms with Crippen molar-refractivity contribution in [1.82, 2.24) is 30.4 Å². The number of hydrogen-bond acceptors (Lipinski definition) is 7. The third-order valence-electron chi connectivity index (χ3n) is 5.51. The second-order valence-corrected chi connectivity index (χ2v) is 8.08. The van der Waals surface area contributed by atoms with Gasteiger partial charge in [-0.05, 0) is 55.0 Å². The summed E-state index contributed by atoms with van der Waals surface area (Å²) in [5.74, 6) is -3.26. The predicted octanol–water partition coefficient (Wildman–Crippen LogP) is 3.33. The maximum Gasteiger partial charge on any atom is 0.280 e. The molecule has 1 amide bonds. The molecule has 0 saturated heterocycles. The average molecular weight is 490 g/mol. The van der Waals surface area contributed by atoms with Crippen LogP contribution in [0.3, 0.4) is 0 Å². The lowest BCUT2D eigenvalue weighted by atomic mass is 10.1. The van der Waals surface area contributed by atoms with E-state index in [0.717, 1.165) is 34.3 Å². The Bertz CT molecular complexity index is 1580. The fraction of sp³-hybridized carbons (Fsp3) is 0.160. The van der Waals surface area contributed by atoms with E-state index in [9.17, 15) is 13.6 Å². The minimum atomic E-state index is -1.10. The van der Waals surface area contributed by atoms with E-state index in [1.54, 1.807) is 16.8 Å². The molecular formula is C25H20F2N6O3. The first-order chi connectivity index (χ1) is 17.4. The van der Waals surface area contributed by atoms with Gasteiger partial charge in [-0.15, -0.1) is 5.10 Å². The van der Waals surface area contributed by atoms with Gasteiger partial charge in [0.25, 0.3) is 5.91 Å². The molecule has 0 aliphatic heterocycles. The van der Waals surface area contributed by atoms with Crippen LogP contribution in [0.5, 0.6) is 0 Å². The van der Waals surface area contributed by atoms with E-state index in [2.05, 4.69) is 25.1 Å². The van der Waals surface area contributed by atoms with Crippen LogP contribution in [0.15, 0.2) is 54.6 Å². The first-order valence-corrected chi connectivity index (χ1v) is 11.0. The van der Waals surface area contributed by atoms with Crippen molar-refractivity contribution in [1.29, 1.82) is 0 Å². The van der Waals surface area contributed by atoms with Crippen LogP contribution in [0.4, 0.5) is 8.78 Å². The highest BCUT2D eigenvalue weighted by Crippen LogP contribution is 2.25. The molecule has 182 valence electrons. The number of nitrogens with zero attached hydrogens (tertiary/aromatic N) is 5. The molecule has 9 nitrogen and oxygen atoms in total. The fourth-order valence-corrected chi connectivity index (χ4v) is 3.82. The fourth-order valence-electron chi connectivity index (χ4n) is 3.82. The Balaban J connectivity index is 1.45. The second-order valence-electron chi connectivity index (χ2n) is 8.08. The van der Waals surface area contributed by atoms with Gasteiger partial charge in [0.2, 0.25) is 0 Å². The number of benzene rings is 2. The molecule has 0 aliphatic carbocycles. The van der Waals surface area contributed by atoms with Crippen molar-refractivity contribution in [2.24, 2.45) is 0 Å². The van der Waals surface area contributed by atoms with Crippen LogP contribution in [-0.2, 0) is 11.4 Å². The molecule has 5 rings (SSSR count). The lowest BCUT2D eigenvalue weighted by Crippen LogP contribution is -2.27. The zero-order valence-electron chi connectivity index (χ0n) is 19.1. The maximum absolute atomic E-state index is 14.7. The molecule has 11 heteroatoms. The van der Waals surface area contributed by atoms with Crippen LogP contribution in [0.1, 0.15) is 21.6 Å². The Kier molecular flexibility index (Phi) is 6.32. The van der Waals surface area contributed by atoms with E-state index in [-0.39, 0.29) is 24.5 Å². The lowest BCUT2D eigenvalue weighted by molar-refractivity contribution is 0.0162. The third-order valence-corrected chi connectivity index (χ3v) is 5.51. The zero-order chi connectivity index (χ0) is 25.2. The Morgan fingerprint density at radius 1 is 1.03 bits per heavy atom. The van der Waals surface area contributed by atoms with Crippen LogP contribution in [-0.4, -0.2) is 49.2 Å². The van der Waals surface area contributed by atoms with Gasteiger partial charge in [0, 0.05) is 16.6 Å². The number of hydroxylamine groups is 1. The molecule has 3 aromatic heterocycles. The number of nitrogens with one attached hydrogen (secondary N) is 1. The Hall–Kier alpha value is -4.35. The zero-order valence-corrected chi connectivity index (χ0v) is 19.1. The van der Waals surface area contributed by atoms with E-state index in [4.69, 9.17) is 5.11 Å². The van der Waals surface area contributed by atoms with Gasteiger partial charge >= 0.3 is 0 Å². The summed E-state index contributed by atoms with van der Waals surface area (Å²) in [6, 6.07) is 15.1. The van der Waals surface area contributed by atoms with Crippen LogP contribution in [0, 0.1) is 18.6 Å². The number of aliphatic hydroxyl groups excluding tert-OH is 1. The highest BCUT2D eigenvalue weighted by atomic mass is 19.1. The number of carbonyl (C=O) groups is 1. The van der Waals surface area contributed by atoms with E-state index >= 15 is 0 Å². The van der Waals surface area contributed by atoms with Gasteiger partial charge in [0.1, 0.15) is 22.7 Å². The van der Waals surface area contributed by atoms with Crippen LogP contribution in [0.2, 0.25) is 0 Å². The number of carbonyl (C=O) groups excluding carboxylic acids is 1. The number of rotatable bonds is 7. The normalized spacial score (nSPS) is 11.3. The number of aryl methyl sites for hydroxylation is 1. The van der Waals surface area contributed by atoms with E-state index in [0.29, 0.717) is 17.7 Å². The highest BCUT2D eigenvalue weighted by molar-refractivity contribution is 5.94. The second kappa shape index (κ2) is 9.72. The molecule has 0 saturated carbocycles. The summed E-state index contributed by atoms with van der Waals surface area (Å²) in [6.07, 6.45) is 0. The summed E-state index contributed by atoms with van der Waals surface area (Å²) in [7, 11) is 0. The van der Waals surface area contributed by atoms with Crippen LogP contribution < -0.4 is 5.48 Å². The van der Waals surface area contributed by atoms with Gasteiger partial charge in [-0.25, -0.2) is 23.9 Å². The molecule has 0 aliphatic rings. The summed E-state index contributed by atoms with van der Waals surface area (Å²) in [4.78, 5) is 25.7. The molecule has 0 radical (unpaired) electrons. The van der Waals surface area contributed by atoms with E-state index < -0.39 is 23.1 Å². The van der Waals surface area contributed by atoms with Gasteiger partial charge in [0.15, 0.2) is 5.65 Å². The number of pyridine rings is 2. The Labute approximate surface area is 203 Å². The van der Waals surface area contributed by atoms with Crippen molar-refractivity contribution in [3.63, 3.8) is 0 Å². The minimum Gasteiger partial charge on any atom is -0.394 e. The quantitative estimate of drug-likeness (QED) is 0.266. The van der Waals surface area contributed by atoms with E-state index in [1.807, 2.05) is 42.7 Å². The Morgan fingerprint density at radius 3 is 2.58 bits per heavy atom. The van der Waals surface area contributed by atoms with Gasteiger partial charge in [-0.2, -0.15) is 0 Å². The van der Waals surface area contributed by atoms with Crippen LogP contribution >= 0.6 is 0 Å². The molecule has 2 aromatic carbocycles. The Morgan fingerprint density at radius 2 is 1.81 bits per heavy atom. The van der Waals surface area contributed by atoms with Crippen molar-refractivity contribution in [2.75, 3.05) is 13.2 Å². The molecule has 2 N–H and O–H groups in total. The smallest absolute Gasteiger partial charge is 0.280 e. The number of hydrogen-bond donors (Lipinski definition) is 2. The molecule has 3 heterocycles. The predicted molar refractivity (Wildman–Crippen MR) is 127 cm³/mol. The summed E-state index contributed by atoms with van der Waals surface area (Å²) >= 11 is 0. The van der Waals surface area contributed by atoms with Gasteiger partial charge in [-0.3, -0.25) is 14.6 Å². The number of aromatic nitrogens is 5. The van der Waals surface area contributed by atoms with E-state index in [1.165, 1.54) is 0 Å². The van der Waals surface area contributed by atoms with Crippen molar-refractivity contribution in [2.45, 2.75) is 13.5 Å². The summed E-state index contributed by atoms with van der Waals surface area (Å²) in [5.41, 5.74) is 5.26. The molecule has 0 unspecified atom stereocenters. The molecule has 36 heavy (non-hydrogen) atoms. The van der Waals surface area contributed by atoms with Gasteiger partial charge < -0.3 is 5.11 Å². The number of halogens is 2. The largest absolute Gasteiger partial charge is 0.394 e. The average Bonchev–Trinajstić information content (AvgIpc) is 3.25. The highest BCUT2D eigenvalue weighted by Gasteiger charge is 2.20. The molecular weight excluding hydrogens is 470 g/mol. The summed E-state index contributed by atoms with van der Waals surface area (Å²) in [6.45, 7) is 1.74. The summed E-state index contributed by atoms with van der Waals surface area (Å²) < 4.78 is 30.9. The molecule has 0 atom stereocenters. The molecule has 0 bridgehead atoms. The molecule has 5 aromatic rings. The maximum atomic E-state index is 14.7. The van der Waals surface area contributed by atoms with Crippen molar-refractivity contribution in [3.05, 3.63) is 83.1 Å². The van der Waals surface area contributed by atoms with Gasteiger partial charge in [0.05, 0.1) is 31.0 Å². The van der Waals surface area contributed by atoms with Gasteiger partial charge in [-0.1, -0.05) is 17.3 Å². The monoisotopic (exact) mass is 490 g/mol. The topological polar surface area (TPSA) is 115 Å². The van der Waals surface area contributed by atoms with Crippen molar-refractivity contribution >= 4 is 28.0 Å². The third kappa shape index (κ3) is 4.61. The van der Waals surface area contributed by atoms with Crippen molar-refractivity contribution < 1.29 is 23.5 Å². The number of fused-ring (bicyclic) bond motifs is 2. The van der Waals surface area contributed by atoms with Crippen molar-refractivity contribution in [3.8, 4) is 11.3 Å². The molecule has 0 spiro atoms. The summed E-state index contributed by atoms with van der Waals surface area (Å²) in [5, 5.41) is 18.0. The van der Waals surface area contributed by atoms with Crippen LogP contribution in [0.25, 0.3) is 33.3 Å². The minimum absolute atomic E-state index is 0.139. The molecule has 0 fully saturated rings. The number of amides is 1. The first kappa shape index (κ1) is 23.4. The first-order valence-electron chi connectivity index (χ1n) is 11.0. The number of aliphatic hydroxyl groups is 1. The standard InChI is InChI=1S/C25H20F2N6O3/c1-14-2-4-16-10-15(3-5-20(16)28-14)13-33-24-22(30-32-33)7-6-21(29-24)17-11-18(26)23(19(27)12-17)25(35)31-36-9-8-34/h2-7,10-12,34H,8-9,13H2,1H3,(H,31,35). The lowest BCUT2D eigenvalue weighted by Gasteiger charge is -2.09. The SMILES string of the molecule is Cc1ccc2cc(Cn3nnc4ccc(-c5cc(F)c(C(=O)NOCCO)c(F)c5)nc43)ccc2n1.